The first kappa shape index (κ1) is 23.1. The zero-order valence-electron chi connectivity index (χ0n) is 19.1. The summed E-state index contributed by atoms with van der Waals surface area (Å²) in [6.07, 6.45) is 37.4. The van der Waals surface area contributed by atoms with Gasteiger partial charge in [0, 0.05) is 0 Å². The van der Waals surface area contributed by atoms with Crippen LogP contribution in [0.2, 0.25) is 0 Å². The predicted octanol–water partition coefficient (Wildman–Crippen LogP) is 9.98. The van der Waals surface area contributed by atoms with E-state index in [1.54, 1.807) is 77.0 Å². The summed E-state index contributed by atoms with van der Waals surface area (Å²) >= 11 is 0. The second-order valence-corrected chi connectivity index (χ2v) is 13.6. The Labute approximate surface area is 179 Å². The molecular weight excluding hydrogens is 355 g/mol. The van der Waals surface area contributed by atoms with E-state index < -0.39 is 0 Å². The van der Waals surface area contributed by atoms with Gasteiger partial charge in [-0.3, -0.25) is 0 Å². The maximum atomic E-state index is 1.61. The minimum Gasteiger partial charge on any atom is -0.0971 e. The van der Waals surface area contributed by atoms with E-state index in [9.17, 15) is 0 Å². The third-order valence-corrected chi connectivity index (χ3v) is 12.3. The number of rotatable bonds is 3. The standard InChI is InChI=1S/C27H51P/c1-2-8-14-20-25(19-13-7-1)28(26-21-15-9-3-4-10-16-22-26)27-23-17-11-5-6-12-18-24-27/h25-27H,1-24H2. The van der Waals surface area contributed by atoms with Crippen LogP contribution in [-0.2, 0) is 0 Å². The Morgan fingerprint density at radius 3 is 0.643 bits per heavy atom. The van der Waals surface area contributed by atoms with Crippen LogP contribution >= 0.6 is 7.92 Å². The summed E-state index contributed by atoms with van der Waals surface area (Å²) in [4.78, 5) is 0. The average Bonchev–Trinajstić information content (AvgIpc) is 3.00. The molecule has 0 nitrogen and oxygen atoms in total. The molecule has 0 amide bonds. The van der Waals surface area contributed by atoms with Gasteiger partial charge < -0.3 is 0 Å². The van der Waals surface area contributed by atoms with E-state index in [2.05, 4.69) is 0 Å². The van der Waals surface area contributed by atoms with Crippen molar-refractivity contribution in [3.63, 3.8) is 0 Å². The lowest BCUT2D eigenvalue weighted by molar-refractivity contribution is 0.564. The molecule has 0 radical (unpaired) electrons. The lowest BCUT2D eigenvalue weighted by Gasteiger charge is -2.41. The molecule has 0 aliphatic heterocycles. The van der Waals surface area contributed by atoms with E-state index in [1.807, 2.05) is 0 Å². The summed E-state index contributed by atoms with van der Waals surface area (Å²) in [6, 6.07) is 0. The van der Waals surface area contributed by atoms with Gasteiger partial charge in [-0.05, 0) is 55.5 Å². The van der Waals surface area contributed by atoms with E-state index in [-0.39, 0.29) is 7.92 Å². The van der Waals surface area contributed by atoms with Crippen LogP contribution in [0.15, 0.2) is 0 Å². The lowest BCUT2D eigenvalue weighted by Crippen LogP contribution is -2.24. The van der Waals surface area contributed by atoms with Crippen LogP contribution in [0.4, 0.5) is 0 Å². The van der Waals surface area contributed by atoms with E-state index in [0.29, 0.717) is 0 Å². The van der Waals surface area contributed by atoms with E-state index in [0.717, 1.165) is 17.0 Å². The quantitative estimate of drug-likeness (QED) is 0.409. The Morgan fingerprint density at radius 1 is 0.250 bits per heavy atom. The molecule has 1 heteroatoms. The van der Waals surface area contributed by atoms with Crippen LogP contribution in [0.25, 0.3) is 0 Å². The fraction of sp³-hybridized carbons (Fsp3) is 1.00. The van der Waals surface area contributed by atoms with Crippen molar-refractivity contribution < 1.29 is 0 Å². The summed E-state index contributed by atoms with van der Waals surface area (Å²) in [6.45, 7) is 0. The molecule has 0 aromatic carbocycles. The van der Waals surface area contributed by atoms with Crippen LogP contribution in [0, 0.1) is 0 Å². The topological polar surface area (TPSA) is 0 Å². The summed E-state index contributed by atoms with van der Waals surface area (Å²) in [7, 11) is 0.263. The molecule has 3 aliphatic carbocycles. The summed E-state index contributed by atoms with van der Waals surface area (Å²) in [5.74, 6) is 0. The normalized spacial score (nSPS) is 27.3. The Balaban J connectivity index is 1.75. The molecule has 3 rings (SSSR count). The van der Waals surface area contributed by atoms with Crippen LogP contribution < -0.4 is 0 Å². The van der Waals surface area contributed by atoms with E-state index >= 15 is 0 Å². The van der Waals surface area contributed by atoms with Crippen LogP contribution in [0.5, 0.6) is 0 Å². The van der Waals surface area contributed by atoms with Crippen molar-refractivity contribution in [1.82, 2.24) is 0 Å². The SMILES string of the molecule is C1CCCCC(P(C2CCCCCCCC2)C2CCCCCCCC2)CCC1. The molecule has 3 aliphatic rings. The number of hydrogen-bond acceptors (Lipinski definition) is 0. The zero-order valence-corrected chi connectivity index (χ0v) is 20.0. The van der Waals surface area contributed by atoms with Gasteiger partial charge >= 0.3 is 0 Å². The predicted molar refractivity (Wildman–Crippen MR) is 129 cm³/mol. The molecule has 164 valence electrons. The molecule has 0 spiro atoms. The third-order valence-electron chi connectivity index (χ3n) is 8.24. The summed E-state index contributed by atoms with van der Waals surface area (Å²) in [5.41, 5.74) is 3.43. The van der Waals surface area contributed by atoms with Crippen LogP contribution in [0.1, 0.15) is 154 Å². The number of hydrogen-bond donors (Lipinski definition) is 0. The Bertz CT molecular complexity index is 291. The molecule has 0 saturated heterocycles. The first-order valence-corrected chi connectivity index (χ1v) is 15.3. The van der Waals surface area contributed by atoms with Gasteiger partial charge in [0.15, 0.2) is 0 Å². The fourth-order valence-corrected chi connectivity index (χ4v) is 11.3. The lowest BCUT2D eigenvalue weighted by atomic mass is 10.1. The second kappa shape index (κ2) is 14.4. The highest BCUT2D eigenvalue weighted by Crippen LogP contribution is 2.60. The molecule has 3 fully saturated rings. The molecule has 0 heterocycles. The first-order chi connectivity index (χ1) is 13.9. The van der Waals surface area contributed by atoms with Gasteiger partial charge in [-0.25, -0.2) is 0 Å². The molecule has 3 saturated carbocycles. The second-order valence-electron chi connectivity index (χ2n) is 10.5. The van der Waals surface area contributed by atoms with Gasteiger partial charge in [0.05, 0.1) is 0 Å². The molecule has 28 heavy (non-hydrogen) atoms. The molecule has 0 atom stereocenters. The van der Waals surface area contributed by atoms with Crippen LogP contribution in [0.3, 0.4) is 0 Å². The fourth-order valence-electron chi connectivity index (χ4n) is 6.62. The minimum absolute atomic E-state index is 0.263. The van der Waals surface area contributed by atoms with Gasteiger partial charge in [-0.2, -0.15) is 0 Å². The molecule has 0 N–H and O–H groups in total. The van der Waals surface area contributed by atoms with Crippen molar-refractivity contribution in [3.8, 4) is 0 Å². The largest absolute Gasteiger partial charge is 0.0971 e. The maximum Gasteiger partial charge on any atom is -0.0204 e. The van der Waals surface area contributed by atoms with Gasteiger partial charge in [-0.1, -0.05) is 123 Å². The Kier molecular flexibility index (Phi) is 11.9. The monoisotopic (exact) mass is 406 g/mol. The molecule has 0 unspecified atom stereocenters. The molecule has 0 aromatic heterocycles. The highest BCUT2D eigenvalue weighted by molar-refractivity contribution is 7.59. The van der Waals surface area contributed by atoms with Crippen molar-refractivity contribution in [1.29, 1.82) is 0 Å². The van der Waals surface area contributed by atoms with E-state index in [1.165, 1.54) is 77.0 Å². The van der Waals surface area contributed by atoms with Crippen molar-refractivity contribution in [2.75, 3.05) is 0 Å². The minimum atomic E-state index is 0.263. The average molecular weight is 407 g/mol. The maximum absolute atomic E-state index is 1.61. The van der Waals surface area contributed by atoms with E-state index in [4.69, 9.17) is 0 Å². The third kappa shape index (κ3) is 8.28. The zero-order chi connectivity index (χ0) is 19.3. The van der Waals surface area contributed by atoms with Gasteiger partial charge in [0.25, 0.3) is 0 Å². The van der Waals surface area contributed by atoms with Crippen molar-refractivity contribution in [3.05, 3.63) is 0 Å². The first-order valence-electron chi connectivity index (χ1n) is 13.7. The van der Waals surface area contributed by atoms with Gasteiger partial charge in [0.1, 0.15) is 0 Å². The van der Waals surface area contributed by atoms with Gasteiger partial charge in [-0.15, -0.1) is 0 Å². The Hall–Kier alpha value is 0.430. The summed E-state index contributed by atoms with van der Waals surface area (Å²) < 4.78 is 0. The molecule has 0 aromatic rings. The van der Waals surface area contributed by atoms with Crippen molar-refractivity contribution >= 4 is 7.92 Å². The van der Waals surface area contributed by atoms with Crippen molar-refractivity contribution in [2.24, 2.45) is 0 Å². The van der Waals surface area contributed by atoms with Crippen molar-refractivity contribution in [2.45, 2.75) is 171 Å². The molecular formula is C27H51P. The Morgan fingerprint density at radius 2 is 0.429 bits per heavy atom. The molecule has 0 bridgehead atoms. The van der Waals surface area contributed by atoms with Gasteiger partial charge in [0.2, 0.25) is 0 Å². The van der Waals surface area contributed by atoms with Crippen LogP contribution in [-0.4, -0.2) is 17.0 Å². The highest BCUT2D eigenvalue weighted by Gasteiger charge is 2.34. The highest BCUT2D eigenvalue weighted by atomic mass is 31.1. The smallest absolute Gasteiger partial charge is 0.0204 e. The summed E-state index contributed by atoms with van der Waals surface area (Å²) in [5, 5.41) is 0.